The summed E-state index contributed by atoms with van der Waals surface area (Å²) in [7, 11) is 0. The first-order chi connectivity index (χ1) is 16.5. The van der Waals surface area contributed by atoms with E-state index in [0.29, 0.717) is 11.1 Å². The number of nitrogens with one attached hydrogen (secondary N) is 2. The van der Waals surface area contributed by atoms with Gasteiger partial charge in [0.25, 0.3) is 5.91 Å². The van der Waals surface area contributed by atoms with Gasteiger partial charge in [0, 0.05) is 0 Å². The van der Waals surface area contributed by atoms with Crippen molar-refractivity contribution in [2.75, 3.05) is 18.5 Å². The van der Waals surface area contributed by atoms with Crippen LogP contribution in [0.4, 0.5) is 10.5 Å². The molecule has 4 rings (SSSR count). The number of esters is 1. The van der Waals surface area contributed by atoms with Crippen molar-refractivity contribution in [2.45, 2.75) is 12.5 Å². The molecule has 8 heteroatoms. The third-order valence-corrected chi connectivity index (χ3v) is 5.52. The first-order valence-corrected chi connectivity index (χ1v) is 10.8. The third-order valence-electron chi connectivity index (χ3n) is 5.52. The maximum Gasteiger partial charge on any atom is 0.340 e. The number of nitrogens with zero attached hydrogens (tertiary/aromatic N) is 1. The van der Waals surface area contributed by atoms with E-state index in [1.54, 1.807) is 73.7 Å². The molecule has 3 aromatic carbocycles. The number of imide groups is 1. The van der Waals surface area contributed by atoms with Gasteiger partial charge in [-0.1, -0.05) is 72.8 Å². The van der Waals surface area contributed by atoms with Crippen molar-refractivity contribution in [3.8, 4) is 0 Å². The summed E-state index contributed by atoms with van der Waals surface area (Å²) in [5, 5.41) is 5.41. The third kappa shape index (κ3) is 4.13. The summed E-state index contributed by atoms with van der Waals surface area (Å²) in [5.41, 5.74) is 0.112. The van der Waals surface area contributed by atoms with Crippen LogP contribution in [0.5, 0.6) is 0 Å². The molecule has 1 aliphatic rings. The summed E-state index contributed by atoms with van der Waals surface area (Å²) in [5.74, 6) is -1.78. The highest BCUT2D eigenvalue weighted by molar-refractivity contribution is 6.12. The van der Waals surface area contributed by atoms with Crippen molar-refractivity contribution in [1.29, 1.82) is 0 Å². The second kappa shape index (κ2) is 9.58. The molecule has 0 saturated carbocycles. The monoisotopic (exact) mass is 457 g/mol. The van der Waals surface area contributed by atoms with E-state index in [9.17, 15) is 19.2 Å². The van der Waals surface area contributed by atoms with Gasteiger partial charge in [0.15, 0.2) is 5.54 Å². The number of anilines is 1. The lowest BCUT2D eigenvalue weighted by molar-refractivity contribution is -0.133. The van der Waals surface area contributed by atoms with E-state index < -0.39 is 35.9 Å². The topological polar surface area (TPSA) is 105 Å². The molecule has 1 aliphatic heterocycles. The summed E-state index contributed by atoms with van der Waals surface area (Å²) in [6, 6.07) is 23.5. The predicted molar refractivity (Wildman–Crippen MR) is 125 cm³/mol. The Hall–Kier alpha value is -4.46. The van der Waals surface area contributed by atoms with E-state index in [0.717, 1.165) is 4.90 Å². The van der Waals surface area contributed by atoms with Crippen LogP contribution in [0.25, 0.3) is 0 Å². The Morgan fingerprint density at radius 1 is 0.882 bits per heavy atom. The minimum atomic E-state index is -1.46. The van der Waals surface area contributed by atoms with Crippen LogP contribution in [0.2, 0.25) is 0 Å². The van der Waals surface area contributed by atoms with Crippen LogP contribution in [0.15, 0.2) is 84.9 Å². The van der Waals surface area contributed by atoms with Gasteiger partial charge < -0.3 is 15.4 Å². The number of carbonyl (C=O) groups excluding carboxylic acids is 4. The lowest BCUT2D eigenvalue weighted by atomic mass is 9.82. The Balaban J connectivity index is 1.61. The molecule has 34 heavy (non-hydrogen) atoms. The van der Waals surface area contributed by atoms with E-state index >= 15 is 0 Å². The molecule has 1 heterocycles. The Labute approximate surface area is 196 Å². The van der Waals surface area contributed by atoms with Crippen molar-refractivity contribution in [3.63, 3.8) is 0 Å². The van der Waals surface area contributed by atoms with Gasteiger partial charge in [0.2, 0.25) is 5.91 Å². The highest BCUT2D eigenvalue weighted by atomic mass is 16.5. The lowest BCUT2D eigenvalue weighted by Crippen LogP contribution is -2.45. The zero-order valence-corrected chi connectivity index (χ0v) is 18.5. The van der Waals surface area contributed by atoms with Gasteiger partial charge in [-0.25, -0.2) is 9.59 Å². The minimum Gasteiger partial charge on any atom is -0.462 e. The van der Waals surface area contributed by atoms with E-state index in [1.165, 1.54) is 6.07 Å². The van der Waals surface area contributed by atoms with Crippen LogP contribution in [-0.2, 0) is 19.9 Å². The molecule has 3 aromatic rings. The number of ether oxygens (including phenoxy) is 1. The van der Waals surface area contributed by atoms with E-state index in [4.69, 9.17) is 4.74 Å². The zero-order valence-electron chi connectivity index (χ0n) is 18.5. The number of benzene rings is 3. The van der Waals surface area contributed by atoms with Gasteiger partial charge >= 0.3 is 12.0 Å². The molecule has 8 nitrogen and oxygen atoms in total. The number of hydrogen-bond acceptors (Lipinski definition) is 5. The smallest absolute Gasteiger partial charge is 0.340 e. The average molecular weight is 457 g/mol. The van der Waals surface area contributed by atoms with Crippen LogP contribution >= 0.6 is 0 Å². The van der Waals surface area contributed by atoms with Crippen molar-refractivity contribution in [2.24, 2.45) is 0 Å². The highest BCUT2D eigenvalue weighted by Crippen LogP contribution is 2.35. The largest absolute Gasteiger partial charge is 0.462 e. The van der Waals surface area contributed by atoms with E-state index in [-0.39, 0.29) is 17.9 Å². The summed E-state index contributed by atoms with van der Waals surface area (Å²) >= 11 is 0. The first kappa shape index (κ1) is 22.7. The highest BCUT2D eigenvalue weighted by Gasteiger charge is 2.54. The van der Waals surface area contributed by atoms with Crippen molar-refractivity contribution in [1.82, 2.24) is 10.2 Å². The van der Waals surface area contributed by atoms with Gasteiger partial charge in [-0.05, 0) is 30.2 Å². The molecule has 0 bridgehead atoms. The minimum absolute atomic E-state index is 0.179. The number of carbonyl (C=O) groups is 4. The normalized spacial score (nSPS) is 14.4. The van der Waals surface area contributed by atoms with Crippen molar-refractivity contribution < 1.29 is 23.9 Å². The number of amides is 4. The molecule has 0 radical (unpaired) electrons. The predicted octanol–water partition coefficient (Wildman–Crippen LogP) is 3.30. The van der Waals surface area contributed by atoms with Gasteiger partial charge in [-0.15, -0.1) is 0 Å². The van der Waals surface area contributed by atoms with Gasteiger partial charge in [-0.2, -0.15) is 0 Å². The Bertz CT molecular complexity index is 1190. The second-order valence-corrected chi connectivity index (χ2v) is 7.62. The van der Waals surface area contributed by atoms with Crippen LogP contribution in [0, 0.1) is 0 Å². The average Bonchev–Trinajstić information content (AvgIpc) is 3.11. The molecule has 1 fully saturated rings. The Morgan fingerprint density at radius 3 is 2.03 bits per heavy atom. The zero-order chi connectivity index (χ0) is 24.1. The maximum absolute atomic E-state index is 13.7. The Kier molecular flexibility index (Phi) is 6.40. The van der Waals surface area contributed by atoms with Crippen LogP contribution in [0.3, 0.4) is 0 Å². The van der Waals surface area contributed by atoms with E-state index in [2.05, 4.69) is 10.6 Å². The maximum atomic E-state index is 13.7. The summed E-state index contributed by atoms with van der Waals surface area (Å²) in [6.07, 6.45) is 0. The number of rotatable bonds is 7. The summed E-state index contributed by atoms with van der Waals surface area (Å²) in [6.45, 7) is 1.34. The van der Waals surface area contributed by atoms with Crippen LogP contribution in [0.1, 0.15) is 28.4 Å². The standard InChI is InChI=1S/C26H23N3O5/c1-2-34-23(31)20-15-9-10-16-21(20)27-22(30)17-29-24(32)26(28-25(29)33,18-11-5-3-6-12-18)19-13-7-4-8-14-19/h3-16H,2,17H2,1H3,(H,27,30)(H,28,33). The fourth-order valence-electron chi connectivity index (χ4n) is 3.97. The lowest BCUT2D eigenvalue weighted by Gasteiger charge is -2.28. The quantitative estimate of drug-likeness (QED) is 0.418. The van der Waals surface area contributed by atoms with Gasteiger partial charge in [-0.3, -0.25) is 14.5 Å². The fourth-order valence-corrected chi connectivity index (χ4v) is 3.97. The SMILES string of the molecule is CCOC(=O)c1ccccc1NC(=O)CN1C(=O)NC(c2ccccc2)(c2ccccc2)C1=O. The van der Waals surface area contributed by atoms with Gasteiger partial charge in [0.1, 0.15) is 6.54 Å². The van der Waals surface area contributed by atoms with Gasteiger partial charge in [0.05, 0.1) is 17.9 Å². The molecule has 0 atom stereocenters. The van der Waals surface area contributed by atoms with Crippen molar-refractivity contribution in [3.05, 3.63) is 102 Å². The Morgan fingerprint density at radius 2 is 1.44 bits per heavy atom. The summed E-state index contributed by atoms with van der Waals surface area (Å²) in [4.78, 5) is 52.5. The first-order valence-electron chi connectivity index (χ1n) is 10.8. The molecular weight excluding hydrogens is 434 g/mol. The molecule has 4 amide bonds. The molecule has 0 spiro atoms. The van der Waals surface area contributed by atoms with Crippen LogP contribution < -0.4 is 10.6 Å². The number of urea groups is 1. The molecule has 0 unspecified atom stereocenters. The molecule has 0 aliphatic carbocycles. The van der Waals surface area contributed by atoms with Crippen LogP contribution in [-0.4, -0.2) is 41.9 Å². The summed E-state index contributed by atoms with van der Waals surface area (Å²) < 4.78 is 5.02. The molecule has 172 valence electrons. The van der Waals surface area contributed by atoms with E-state index in [1.807, 2.05) is 12.1 Å². The molecule has 1 saturated heterocycles. The fraction of sp³-hybridized carbons (Fsp3) is 0.154. The molecular formula is C26H23N3O5. The number of para-hydroxylation sites is 1. The number of hydrogen-bond donors (Lipinski definition) is 2. The molecule has 2 N–H and O–H groups in total. The second-order valence-electron chi connectivity index (χ2n) is 7.62. The van der Waals surface area contributed by atoms with Crippen molar-refractivity contribution >= 4 is 29.5 Å². The molecule has 0 aromatic heterocycles.